The minimum Gasteiger partial charge on any atom is -0.483 e. The van der Waals surface area contributed by atoms with Crippen LogP contribution >= 0.6 is 0 Å². The van der Waals surface area contributed by atoms with E-state index in [1.54, 1.807) is 11.8 Å². The fraction of sp³-hybridized carbons (Fsp3) is 0.462. The van der Waals surface area contributed by atoms with Crippen LogP contribution in [0.3, 0.4) is 0 Å². The first-order valence-corrected chi connectivity index (χ1v) is 11.3. The molecule has 0 aromatic heterocycles. The van der Waals surface area contributed by atoms with Crippen molar-refractivity contribution < 1.29 is 14.3 Å². The molecule has 31 heavy (non-hydrogen) atoms. The maximum atomic E-state index is 13.2. The number of carbonyl (C=O) groups is 2. The van der Waals surface area contributed by atoms with E-state index in [1.165, 1.54) is 0 Å². The molecule has 2 amide bonds. The van der Waals surface area contributed by atoms with E-state index in [0.29, 0.717) is 18.2 Å². The number of hydrogen-bond acceptors (Lipinski definition) is 3. The minimum atomic E-state index is -0.572. The van der Waals surface area contributed by atoms with Gasteiger partial charge in [-0.25, -0.2) is 0 Å². The monoisotopic (exact) mass is 422 g/mol. The van der Waals surface area contributed by atoms with E-state index >= 15 is 0 Å². The van der Waals surface area contributed by atoms with Gasteiger partial charge in [0.15, 0.2) is 6.61 Å². The topological polar surface area (TPSA) is 58.6 Å². The molecular formula is C26H34N2O3. The molecular weight excluding hydrogens is 388 g/mol. The average molecular weight is 423 g/mol. The van der Waals surface area contributed by atoms with Crippen molar-refractivity contribution >= 4 is 11.8 Å². The predicted molar refractivity (Wildman–Crippen MR) is 123 cm³/mol. The number of carbonyl (C=O) groups excluding carboxylic acids is 2. The number of nitrogens with zero attached hydrogens (tertiary/aromatic N) is 1. The van der Waals surface area contributed by atoms with Crippen LogP contribution in [0.25, 0.3) is 0 Å². The van der Waals surface area contributed by atoms with E-state index < -0.39 is 6.04 Å². The summed E-state index contributed by atoms with van der Waals surface area (Å²) in [5.74, 6) is 0.714. The van der Waals surface area contributed by atoms with Crippen LogP contribution in [0.4, 0.5) is 0 Å². The van der Waals surface area contributed by atoms with E-state index in [0.717, 1.165) is 36.8 Å². The lowest BCUT2D eigenvalue weighted by atomic mass is 10.0. The maximum Gasteiger partial charge on any atom is 0.261 e. The Morgan fingerprint density at radius 2 is 1.65 bits per heavy atom. The van der Waals surface area contributed by atoms with Gasteiger partial charge in [0.2, 0.25) is 5.91 Å². The fourth-order valence-electron chi connectivity index (χ4n) is 4.07. The summed E-state index contributed by atoms with van der Waals surface area (Å²) in [5.41, 5.74) is 2.05. The van der Waals surface area contributed by atoms with Gasteiger partial charge in [-0.05, 0) is 42.9 Å². The molecule has 0 unspecified atom stereocenters. The smallest absolute Gasteiger partial charge is 0.261 e. The second-order valence-electron chi connectivity index (χ2n) is 8.65. The van der Waals surface area contributed by atoms with Crippen molar-refractivity contribution in [3.63, 3.8) is 0 Å². The number of nitrogens with one attached hydrogen (secondary N) is 1. The molecule has 0 heterocycles. The molecule has 166 valence electrons. The summed E-state index contributed by atoms with van der Waals surface area (Å²) in [6.45, 7) is 6.27. The zero-order chi connectivity index (χ0) is 22.2. The fourth-order valence-corrected chi connectivity index (χ4v) is 4.07. The van der Waals surface area contributed by atoms with Gasteiger partial charge >= 0.3 is 0 Å². The highest BCUT2D eigenvalue weighted by molar-refractivity contribution is 5.88. The van der Waals surface area contributed by atoms with Crippen molar-refractivity contribution in [1.29, 1.82) is 0 Å². The van der Waals surface area contributed by atoms with Crippen LogP contribution in [0.2, 0.25) is 0 Å². The van der Waals surface area contributed by atoms with Gasteiger partial charge in [0.25, 0.3) is 5.91 Å². The highest BCUT2D eigenvalue weighted by atomic mass is 16.5. The Kier molecular flexibility index (Phi) is 8.10. The van der Waals surface area contributed by atoms with Crippen LogP contribution in [0.15, 0.2) is 54.6 Å². The van der Waals surface area contributed by atoms with Gasteiger partial charge in [-0.15, -0.1) is 0 Å². The van der Waals surface area contributed by atoms with Crippen molar-refractivity contribution in [3.8, 4) is 5.75 Å². The van der Waals surface area contributed by atoms with Crippen molar-refractivity contribution in [3.05, 3.63) is 65.7 Å². The van der Waals surface area contributed by atoms with Gasteiger partial charge in [0.05, 0.1) is 0 Å². The first-order valence-electron chi connectivity index (χ1n) is 11.3. The largest absolute Gasteiger partial charge is 0.483 e. The van der Waals surface area contributed by atoms with Crippen LogP contribution in [0.5, 0.6) is 5.75 Å². The molecule has 1 aliphatic carbocycles. The summed E-state index contributed by atoms with van der Waals surface area (Å²) in [5, 5.41) is 3.12. The van der Waals surface area contributed by atoms with E-state index in [2.05, 4.69) is 19.2 Å². The lowest BCUT2D eigenvalue weighted by Gasteiger charge is -2.30. The van der Waals surface area contributed by atoms with Crippen LogP contribution in [-0.2, 0) is 16.1 Å². The van der Waals surface area contributed by atoms with Gasteiger partial charge in [0, 0.05) is 12.6 Å². The highest BCUT2D eigenvalue weighted by Crippen LogP contribution is 2.26. The van der Waals surface area contributed by atoms with Gasteiger partial charge in [0.1, 0.15) is 11.8 Å². The van der Waals surface area contributed by atoms with Crippen LogP contribution in [0.1, 0.15) is 63.5 Å². The average Bonchev–Trinajstić information content (AvgIpc) is 3.29. The molecule has 5 heteroatoms. The molecule has 5 nitrogen and oxygen atoms in total. The third kappa shape index (κ3) is 6.33. The van der Waals surface area contributed by atoms with E-state index in [9.17, 15) is 9.59 Å². The summed E-state index contributed by atoms with van der Waals surface area (Å²) >= 11 is 0. The summed E-state index contributed by atoms with van der Waals surface area (Å²) in [4.78, 5) is 27.7. The Morgan fingerprint density at radius 3 is 2.32 bits per heavy atom. The van der Waals surface area contributed by atoms with Crippen molar-refractivity contribution in [2.75, 3.05) is 6.61 Å². The van der Waals surface area contributed by atoms with Gasteiger partial charge in [-0.2, -0.15) is 0 Å². The number of benzene rings is 2. The third-order valence-corrected chi connectivity index (χ3v) is 5.96. The van der Waals surface area contributed by atoms with Crippen LogP contribution < -0.4 is 10.1 Å². The van der Waals surface area contributed by atoms with Gasteiger partial charge in [-0.1, -0.05) is 75.2 Å². The molecule has 1 atom stereocenters. The number of hydrogen-bond donors (Lipinski definition) is 1. The van der Waals surface area contributed by atoms with Crippen molar-refractivity contribution in [2.45, 2.75) is 71.0 Å². The second-order valence-corrected chi connectivity index (χ2v) is 8.65. The molecule has 2 aromatic carbocycles. The Morgan fingerprint density at radius 1 is 1.00 bits per heavy atom. The molecule has 2 aromatic rings. The number of para-hydroxylation sites is 1. The minimum absolute atomic E-state index is 0.0984. The Labute approximate surface area is 185 Å². The summed E-state index contributed by atoms with van der Waals surface area (Å²) < 4.78 is 5.92. The Hall–Kier alpha value is -2.82. The second kappa shape index (κ2) is 11.0. The van der Waals surface area contributed by atoms with Gasteiger partial charge in [-0.3, -0.25) is 9.59 Å². The van der Waals surface area contributed by atoms with Crippen molar-refractivity contribution in [2.24, 2.45) is 0 Å². The highest BCUT2D eigenvalue weighted by Gasteiger charge is 2.28. The molecule has 0 bridgehead atoms. The van der Waals surface area contributed by atoms with Gasteiger partial charge < -0.3 is 15.0 Å². The molecule has 1 fully saturated rings. The van der Waals surface area contributed by atoms with E-state index in [4.69, 9.17) is 4.74 Å². The van der Waals surface area contributed by atoms with Crippen LogP contribution in [-0.4, -0.2) is 35.4 Å². The summed E-state index contributed by atoms with van der Waals surface area (Å²) in [7, 11) is 0. The Bertz CT molecular complexity index is 860. The first-order chi connectivity index (χ1) is 15.0. The molecule has 0 spiro atoms. The SMILES string of the molecule is CC(C)c1ccccc1OCC(=O)N(Cc1ccccc1)[C@H](C)C(=O)NC1CCCC1. The standard InChI is InChI=1S/C26H34N2O3/c1-19(2)23-15-9-10-16-24(23)31-18-25(29)28(17-21-11-5-4-6-12-21)20(3)26(30)27-22-13-7-8-14-22/h4-6,9-12,15-16,19-20,22H,7-8,13-14,17-18H2,1-3H3,(H,27,30)/t20-/m1/s1. The predicted octanol–water partition coefficient (Wildman–Crippen LogP) is 4.66. The quantitative estimate of drug-likeness (QED) is 0.639. The van der Waals surface area contributed by atoms with E-state index in [1.807, 2.05) is 54.6 Å². The number of amides is 2. The zero-order valence-electron chi connectivity index (χ0n) is 18.8. The molecule has 3 rings (SSSR count). The van der Waals surface area contributed by atoms with Crippen LogP contribution in [0, 0.1) is 0 Å². The van der Waals surface area contributed by atoms with E-state index in [-0.39, 0.29) is 24.5 Å². The maximum absolute atomic E-state index is 13.2. The zero-order valence-corrected chi connectivity index (χ0v) is 18.8. The molecule has 1 saturated carbocycles. The molecule has 1 N–H and O–H groups in total. The summed E-state index contributed by atoms with van der Waals surface area (Å²) in [6.07, 6.45) is 4.32. The summed E-state index contributed by atoms with van der Waals surface area (Å²) in [6, 6.07) is 17.2. The Balaban J connectivity index is 1.72. The third-order valence-electron chi connectivity index (χ3n) is 5.96. The number of ether oxygens (including phenoxy) is 1. The number of rotatable bonds is 9. The normalized spacial score (nSPS) is 15.0. The molecule has 0 radical (unpaired) electrons. The first kappa shape index (κ1) is 22.9. The lowest BCUT2D eigenvalue weighted by molar-refractivity contribution is -0.142. The molecule has 0 aliphatic heterocycles. The van der Waals surface area contributed by atoms with Crippen molar-refractivity contribution in [1.82, 2.24) is 10.2 Å². The molecule has 0 saturated heterocycles. The molecule has 1 aliphatic rings. The lowest BCUT2D eigenvalue weighted by Crippen LogP contribution is -2.50.